The van der Waals surface area contributed by atoms with Crippen LogP contribution >= 0.6 is 31.9 Å². The Bertz CT molecular complexity index is 277. The van der Waals surface area contributed by atoms with E-state index >= 15 is 0 Å². The van der Waals surface area contributed by atoms with Gasteiger partial charge in [0.1, 0.15) is 0 Å². The Morgan fingerprint density at radius 1 is 1.21 bits per heavy atom. The van der Waals surface area contributed by atoms with Crippen molar-refractivity contribution in [3.63, 3.8) is 0 Å². The molecule has 0 fully saturated rings. The highest BCUT2D eigenvalue weighted by atomic mass is 79.9. The Balaban J connectivity index is 2.58. The summed E-state index contributed by atoms with van der Waals surface area (Å²) in [5.74, 6) is 0.740. The molecule has 1 rings (SSSR count). The monoisotopic (exact) mass is 319 g/mol. The van der Waals surface area contributed by atoms with E-state index in [-0.39, 0.29) is 0 Å². The van der Waals surface area contributed by atoms with Crippen LogP contribution in [0.1, 0.15) is 20.3 Å². The average Bonchev–Trinajstić information content (AvgIpc) is 2.09. The van der Waals surface area contributed by atoms with Crippen LogP contribution in [0.15, 0.2) is 27.1 Å². The van der Waals surface area contributed by atoms with E-state index in [2.05, 4.69) is 51.0 Å². The minimum Gasteiger partial charge on any atom is -0.383 e. The molecule has 0 atom stereocenters. The van der Waals surface area contributed by atoms with Crippen molar-refractivity contribution < 1.29 is 0 Å². The molecule has 0 aromatic heterocycles. The number of hydrogen-bond donors (Lipinski definition) is 1. The first-order valence-corrected chi connectivity index (χ1v) is 6.37. The molecule has 3 heteroatoms. The molecule has 0 aliphatic heterocycles. The standard InChI is InChI=1S/C11H15Br2N/c1-8(2)6-7-14-11-9(12)4-3-5-10(11)13/h3-5,8,14H,6-7H2,1-2H3. The van der Waals surface area contributed by atoms with Gasteiger partial charge in [-0.3, -0.25) is 0 Å². The van der Waals surface area contributed by atoms with Gasteiger partial charge in [0.25, 0.3) is 0 Å². The van der Waals surface area contributed by atoms with Crippen molar-refractivity contribution in [1.82, 2.24) is 0 Å². The summed E-state index contributed by atoms with van der Waals surface area (Å²) in [5, 5.41) is 3.42. The molecule has 0 aliphatic rings. The van der Waals surface area contributed by atoms with E-state index in [1.54, 1.807) is 0 Å². The van der Waals surface area contributed by atoms with Crippen LogP contribution in [-0.2, 0) is 0 Å². The maximum absolute atomic E-state index is 3.52. The summed E-state index contributed by atoms with van der Waals surface area (Å²) in [6.45, 7) is 5.48. The smallest absolute Gasteiger partial charge is 0.0628 e. The lowest BCUT2D eigenvalue weighted by Crippen LogP contribution is -2.05. The lowest BCUT2D eigenvalue weighted by molar-refractivity contribution is 0.607. The molecule has 0 radical (unpaired) electrons. The Kier molecular flexibility index (Phi) is 4.96. The van der Waals surface area contributed by atoms with E-state index in [1.807, 2.05) is 18.2 Å². The molecule has 0 bridgehead atoms. The van der Waals surface area contributed by atoms with Crippen molar-refractivity contribution in [2.45, 2.75) is 20.3 Å². The summed E-state index contributed by atoms with van der Waals surface area (Å²) in [7, 11) is 0. The van der Waals surface area contributed by atoms with E-state index < -0.39 is 0 Å². The highest BCUT2D eigenvalue weighted by Crippen LogP contribution is 2.30. The lowest BCUT2D eigenvalue weighted by Gasteiger charge is -2.11. The molecule has 78 valence electrons. The van der Waals surface area contributed by atoms with Crippen LogP contribution < -0.4 is 5.32 Å². The Hall–Kier alpha value is -0.0200. The van der Waals surface area contributed by atoms with Crippen molar-refractivity contribution >= 4 is 37.5 Å². The molecule has 0 unspecified atom stereocenters. The SMILES string of the molecule is CC(C)CCNc1c(Br)cccc1Br. The molecule has 0 aliphatic carbocycles. The van der Waals surface area contributed by atoms with Crippen LogP contribution in [0.3, 0.4) is 0 Å². The Morgan fingerprint density at radius 2 is 1.79 bits per heavy atom. The first-order valence-electron chi connectivity index (χ1n) is 4.79. The van der Waals surface area contributed by atoms with Crippen molar-refractivity contribution in [2.24, 2.45) is 5.92 Å². The number of para-hydroxylation sites is 1. The normalized spacial score (nSPS) is 10.6. The molecule has 1 aromatic carbocycles. The number of benzene rings is 1. The molecule has 0 heterocycles. The van der Waals surface area contributed by atoms with Gasteiger partial charge in [0.15, 0.2) is 0 Å². The molecule has 0 amide bonds. The van der Waals surface area contributed by atoms with Crippen LogP contribution in [0.4, 0.5) is 5.69 Å². The van der Waals surface area contributed by atoms with Gasteiger partial charge in [-0.1, -0.05) is 19.9 Å². The zero-order chi connectivity index (χ0) is 10.6. The summed E-state index contributed by atoms with van der Waals surface area (Å²) < 4.78 is 2.21. The molecular weight excluding hydrogens is 306 g/mol. The lowest BCUT2D eigenvalue weighted by atomic mass is 10.1. The van der Waals surface area contributed by atoms with Crippen LogP contribution in [0.5, 0.6) is 0 Å². The second-order valence-corrected chi connectivity index (χ2v) is 5.41. The van der Waals surface area contributed by atoms with Gasteiger partial charge in [0.2, 0.25) is 0 Å². The summed E-state index contributed by atoms with van der Waals surface area (Å²) in [4.78, 5) is 0. The van der Waals surface area contributed by atoms with Crippen LogP contribution in [0.2, 0.25) is 0 Å². The number of nitrogens with one attached hydrogen (secondary N) is 1. The zero-order valence-corrected chi connectivity index (χ0v) is 11.7. The largest absolute Gasteiger partial charge is 0.383 e. The zero-order valence-electron chi connectivity index (χ0n) is 8.48. The molecule has 14 heavy (non-hydrogen) atoms. The third-order valence-corrected chi connectivity index (χ3v) is 3.31. The van der Waals surface area contributed by atoms with Gasteiger partial charge >= 0.3 is 0 Å². The van der Waals surface area contributed by atoms with Gasteiger partial charge in [0.05, 0.1) is 5.69 Å². The van der Waals surface area contributed by atoms with E-state index in [9.17, 15) is 0 Å². The predicted octanol–water partition coefficient (Wildman–Crippen LogP) is 4.67. The molecule has 0 saturated carbocycles. The molecular formula is C11H15Br2N. The molecule has 1 nitrogen and oxygen atoms in total. The Labute approximate surface area is 103 Å². The van der Waals surface area contributed by atoms with Gasteiger partial charge in [0, 0.05) is 15.5 Å². The number of rotatable bonds is 4. The second-order valence-electron chi connectivity index (χ2n) is 3.71. The third kappa shape index (κ3) is 3.62. The topological polar surface area (TPSA) is 12.0 Å². The first-order chi connectivity index (χ1) is 6.61. The first kappa shape index (κ1) is 12.1. The molecule has 1 N–H and O–H groups in total. The fraction of sp³-hybridized carbons (Fsp3) is 0.455. The maximum Gasteiger partial charge on any atom is 0.0628 e. The highest BCUT2D eigenvalue weighted by Gasteiger charge is 2.03. The minimum absolute atomic E-state index is 0.740. The van der Waals surface area contributed by atoms with Crippen molar-refractivity contribution in [3.05, 3.63) is 27.1 Å². The van der Waals surface area contributed by atoms with Gasteiger partial charge < -0.3 is 5.32 Å². The molecule has 0 saturated heterocycles. The van der Waals surface area contributed by atoms with E-state index in [1.165, 1.54) is 6.42 Å². The predicted molar refractivity (Wildman–Crippen MR) is 69.8 cm³/mol. The van der Waals surface area contributed by atoms with Gasteiger partial charge in [-0.15, -0.1) is 0 Å². The minimum atomic E-state index is 0.740. The van der Waals surface area contributed by atoms with Crippen molar-refractivity contribution in [2.75, 3.05) is 11.9 Å². The van der Waals surface area contributed by atoms with Gasteiger partial charge in [-0.2, -0.15) is 0 Å². The van der Waals surface area contributed by atoms with E-state index in [0.29, 0.717) is 0 Å². The third-order valence-electron chi connectivity index (χ3n) is 1.99. The fourth-order valence-corrected chi connectivity index (χ4v) is 2.43. The summed E-state index contributed by atoms with van der Waals surface area (Å²) in [6, 6.07) is 6.10. The number of anilines is 1. The van der Waals surface area contributed by atoms with Gasteiger partial charge in [-0.25, -0.2) is 0 Å². The molecule has 0 spiro atoms. The second kappa shape index (κ2) is 5.76. The van der Waals surface area contributed by atoms with Gasteiger partial charge in [-0.05, 0) is 56.3 Å². The highest BCUT2D eigenvalue weighted by molar-refractivity contribution is 9.11. The average molecular weight is 321 g/mol. The van der Waals surface area contributed by atoms with Crippen LogP contribution in [0.25, 0.3) is 0 Å². The molecule has 1 aromatic rings. The number of hydrogen-bond acceptors (Lipinski definition) is 1. The summed E-state index contributed by atoms with van der Waals surface area (Å²) in [5.41, 5.74) is 1.15. The summed E-state index contributed by atoms with van der Waals surface area (Å²) in [6.07, 6.45) is 1.19. The summed E-state index contributed by atoms with van der Waals surface area (Å²) >= 11 is 7.04. The van der Waals surface area contributed by atoms with Crippen molar-refractivity contribution in [3.8, 4) is 0 Å². The number of halogens is 2. The Morgan fingerprint density at radius 3 is 2.29 bits per heavy atom. The van der Waals surface area contributed by atoms with Crippen LogP contribution in [-0.4, -0.2) is 6.54 Å². The fourth-order valence-electron chi connectivity index (χ4n) is 1.15. The van der Waals surface area contributed by atoms with Crippen molar-refractivity contribution in [1.29, 1.82) is 0 Å². The van der Waals surface area contributed by atoms with E-state index in [0.717, 1.165) is 27.1 Å². The van der Waals surface area contributed by atoms with Crippen LogP contribution in [0, 0.1) is 5.92 Å². The van der Waals surface area contributed by atoms with E-state index in [4.69, 9.17) is 0 Å². The quantitative estimate of drug-likeness (QED) is 0.850. The maximum atomic E-state index is 3.52.